The van der Waals surface area contributed by atoms with E-state index in [1.807, 2.05) is 18.7 Å². The summed E-state index contributed by atoms with van der Waals surface area (Å²) in [6.07, 6.45) is -0.918. The minimum absolute atomic E-state index is 0.000675. The Labute approximate surface area is 249 Å². The maximum atomic E-state index is 13.5. The van der Waals surface area contributed by atoms with Crippen molar-refractivity contribution in [2.45, 2.75) is 65.6 Å². The number of pyridine rings is 1. The van der Waals surface area contributed by atoms with E-state index in [0.717, 1.165) is 12.6 Å². The van der Waals surface area contributed by atoms with Crippen LogP contribution in [0.5, 0.6) is 5.88 Å². The molecule has 1 aliphatic heterocycles. The van der Waals surface area contributed by atoms with Crippen molar-refractivity contribution in [3.05, 3.63) is 41.1 Å². The third-order valence-electron chi connectivity index (χ3n) is 8.13. The van der Waals surface area contributed by atoms with Crippen LogP contribution in [0.4, 0.5) is 19.0 Å². The lowest BCUT2D eigenvalue weighted by Crippen LogP contribution is -2.41. The van der Waals surface area contributed by atoms with Crippen molar-refractivity contribution in [1.29, 1.82) is 5.41 Å². The molecule has 0 bridgehead atoms. The van der Waals surface area contributed by atoms with Crippen LogP contribution in [0.25, 0.3) is 5.82 Å². The summed E-state index contributed by atoms with van der Waals surface area (Å²) in [6.45, 7) is 9.58. The average Bonchev–Trinajstić information content (AvgIpc) is 3.44. The van der Waals surface area contributed by atoms with E-state index in [-0.39, 0.29) is 47.6 Å². The van der Waals surface area contributed by atoms with Crippen LogP contribution in [0, 0.1) is 22.7 Å². The molecule has 1 saturated heterocycles. The summed E-state index contributed by atoms with van der Waals surface area (Å²) < 4.78 is 74.8. The summed E-state index contributed by atoms with van der Waals surface area (Å²) in [4.78, 5) is 19.8. The molecular weight excluding hydrogens is 587 g/mol. The molecule has 1 saturated carbocycles. The number of hydrogen-bond donors (Lipinski definition) is 3. The van der Waals surface area contributed by atoms with Crippen molar-refractivity contribution in [3.8, 4) is 11.7 Å². The van der Waals surface area contributed by atoms with E-state index in [2.05, 4.69) is 29.0 Å². The molecule has 1 unspecified atom stereocenters. The number of carbonyl (C=O) groups is 1. The molecule has 0 aromatic carbocycles. The predicted molar refractivity (Wildman–Crippen MR) is 156 cm³/mol. The van der Waals surface area contributed by atoms with Crippen molar-refractivity contribution in [2.75, 3.05) is 25.1 Å². The fourth-order valence-corrected chi connectivity index (χ4v) is 6.34. The molecule has 3 N–H and O–H groups in total. The maximum Gasteiger partial charge on any atom is 0.397 e. The molecule has 0 spiro atoms. The monoisotopic (exact) mass is 625 g/mol. The highest BCUT2D eigenvalue weighted by Crippen LogP contribution is 2.57. The standard InChI is InChI=1S/C28H38F3N7O4S/c1-17(2)19-13-26(4,5)37(15-19)24-20(25(39)36-43(40,41)21(14-33-6)18(3)32)7-8-22(34-24)38-12-9-23(35-38)42-16-27(10-11-27)28(29,30)31/h7-9,12,14,17,19,32-33H,10-11,13,15-16H2,1-6H3,(H,36,39)/b21-14+,32-18?. The second-order valence-electron chi connectivity index (χ2n) is 12.2. The molecule has 15 heteroatoms. The number of ether oxygens (including phenoxy) is 1. The van der Waals surface area contributed by atoms with Gasteiger partial charge in [-0.3, -0.25) is 4.79 Å². The number of rotatable bonds is 11. The molecule has 236 valence electrons. The zero-order chi connectivity index (χ0) is 32.0. The van der Waals surface area contributed by atoms with Crippen molar-refractivity contribution < 1.29 is 31.1 Å². The Balaban J connectivity index is 1.69. The summed E-state index contributed by atoms with van der Waals surface area (Å²) in [5.41, 5.74) is -2.54. The fourth-order valence-electron chi connectivity index (χ4n) is 5.20. The molecule has 2 aliphatic rings. The minimum atomic E-state index is -4.39. The van der Waals surface area contributed by atoms with Gasteiger partial charge in [-0.15, -0.1) is 5.10 Å². The Morgan fingerprint density at radius 2 is 1.93 bits per heavy atom. The minimum Gasteiger partial charge on any atom is -0.476 e. The highest BCUT2D eigenvalue weighted by atomic mass is 32.2. The Kier molecular flexibility index (Phi) is 8.61. The van der Waals surface area contributed by atoms with E-state index >= 15 is 0 Å². The third-order valence-corrected chi connectivity index (χ3v) is 9.58. The zero-order valence-electron chi connectivity index (χ0n) is 25.0. The topological polar surface area (TPSA) is 142 Å². The molecule has 43 heavy (non-hydrogen) atoms. The van der Waals surface area contributed by atoms with Gasteiger partial charge in [-0.2, -0.15) is 13.2 Å². The Morgan fingerprint density at radius 3 is 2.47 bits per heavy atom. The SMILES string of the molecule is CN/C=C(\C(C)=N)S(=O)(=O)NC(=O)c1ccc(-n2ccc(OCC3(C(F)(F)F)CC3)n2)nc1N1CC(C(C)C)CC1(C)C. The van der Waals surface area contributed by atoms with Gasteiger partial charge in [-0.25, -0.2) is 22.8 Å². The first-order valence-corrected chi connectivity index (χ1v) is 15.4. The molecule has 1 atom stereocenters. The smallest absolute Gasteiger partial charge is 0.397 e. The number of hydrogen-bond acceptors (Lipinski definition) is 9. The van der Waals surface area contributed by atoms with Gasteiger partial charge < -0.3 is 20.4 Å². The van der Waals surface area contributed by atoms with Crippen LogP contribution >= 0.6 is 0 Å². The largest absolute Gasteiger partial charge is 0.476 e. The third kappa shape index (κ3) is 6.65. The molecule has 1 aliphatic carbocycles. The molecule has 2 fully saturated rings. The van der Waals surface area contributed by atoms with Gasteiger partial charge >= 0.3 is 6.18 Å². The number of sulfonamides is 1. The van der Waals surface area contributed by atoms with Gasteiger partial charge in [0.05, 0.1) is 11.3 Å². The molecule has 1 amide bonds. The van der Waals surface area contributed by atoms with E-state index in [0.29, 0.717) is 12.5 Å². The fraction of sp³-hybridized carbons (Fsp3) is 0.571. The summed E-state index contributed by atoms with van der Waals surface area (Å²) in [6, 6.07) is 4.34. The normalized spacial score (nSPS) is 19.8. The molecule has 4 rings (SSSR count). The van der Waals surface area contributed by atoms with Gasteiger partial charge in [-0.05, 0) is 64.0 Å². The predicted octanol–water partition coefficient (Wildman–Crippen LogP) is 4.41. The first-order chi connectivity index (χ1) is 19.9. The van der Waals surface area contributed by atoms with Gasteiger partial charge in [0.15, 0.2) is 5.82 Å². The zero-order valence-corrected chi connectivity index (χ0v) is 25.9. The lowest BCUT2D eigenvalue weighted by atomic mass is 9.89. The maximum absolute atomic E-state index is 13.5. The van der Waals surface area contributed by atoms with Gasteiger partial charge in [0.25, 0.3) is 15.9 Å². The highest BCUT2D eigenvalue weighted by molar-refractivity contribution is 7.94. The van der Waals surface area contributed by atoms with Crippen LogP contribution in [0.3, 0.4) is 0 Å². The number of carbonyl (C=O) groups excluding carboxylic acids is 1. The molecule has 3 heterocycles. The number of halogens is 3. The van der Waals surface area contributed by atoms with Crippen molar-refractivity contribution >= 4 is 27.5 Å². The van der Waals surface area contributed by atoms with Crippen LogP contribution in [0.2, 0.25) is 0 Å². The Hall–Kier alpha value is -3.62. The van der Waals surface area contributed by atoms with E-state index in [9.17, 15) is 26.4 Å². The number of nitrogens with one attached hydrogen (secondary N) is 3. The van der Waals surface area contributed by atoms with Crippen LogP contribution in [-0.4, -0.2) is 66.7 Å². The first-order valence-electron chi connectivity index (χ1n) is 14.0. The van der Waals surface area contributed by atoms with E-state index < -0.39 is 44.6 Å². The van der Waals surface area contributed by atoms with Crippen LogP contribution < -0.4 is 19.7 Å². The van der Waals surface area contributed by atoms with Crippen molar-refractivity contribution in [3.63, 3.8) is 0 Å². The molecule has 2 aromatic heterocycles. The summed E-state index contributed by atoms with van der Waals surface area (Å²) >= 11 is 0. The Morgan fingerprint density at radius 1 is 1.26 bits per heavy atom. The Bertz CT molecular complexity index is 1530. The van der Waals surface area contributed by atoms with Crippen molar-refractivity contribution in [2.24, 2.45) is 17.3 Å². The summed E-state index contributed by atoms with van der Waals surface area (Å²) in [5.74, 6) is 0.185. The number of nitrogens with zero attached hydrogens (tertiary/aromatic N) is 4. The van der Waals surface area contributed by atoms with Gasteiger partial charge in [0.2, 0.25) is 5.88 Å². The number of alkyl halides is 3. The summed E-state index contributed by atoms with van der Waals surface area (Å²) in [7, 11) is -2.91. The summed E-state index contributed by atoms with van der Waals surface area (Å²) in [5, 5.41) is 14.7. The molecule has 0 radical (unpaired) electrons. The van der Waals surface area contributed by atoms with Crippen molar-refractivity contribution in [1.82, 2.24) is 24.8 Å². The van der Waals surface area contributed by atoms with Gasteiger partial charge in [-0.1, -0.05) is 13.8 Å². The lowest BCUT2D eigenvalue weighted by molar-refractivity contribution is -0.194. The van der Waals surface area contributed by atoms with Gasteiger partial charge in [0, 0.05) is 37.6 Å². The van der Waals surface area contributed by atoms with E-state index in [4.69, 9.17) is 15.1 Å². The second-order valence-corrected chi connectivity index (χ2v) is 13.8. The van der Waals surface area contributed by atoms with E-state index in [1.54, 1.807) is 0 Å². The number of anilines is 1. The number of aromatic nitrogens is 3. The molecule has 11 nitrogen and oxygen atoms in total. The second kappa shape index (κ2) is 11.5. The van der Waals surface area contributed by atoms with Crippen LogP contribution in [0.15, 0.2) is 35.5 Å². The van der Waals surface area contributed by atoms with Crippen LogP contribution in [-0.2, 0) is 10.0 Å². The first kappa shape index (κ1) is 32.3. The quantitative estimate of drug-likeness (QED) is 0.312. The molecular formula is C28H38F3N7O4S. The van der Waals surface area contributed by atoms with Gasteiger partial charge in [0.1, 0.15) is 22.7 Å². The van der Waals surface area contributed by atoms with Crippen LogP contribution in [0.1, 0.15) is 64.2 Å². The average molecular weight is 626 g/mol. The lowest BCUT2D eigenvalue weighted by Gasteiger charge is -2.34. The number of amides is 1. The number of allylic oxidation sites excluding steroid dienone is 1. The van der Waals surface area contributed by atoms with E-state index in [1.165, 1.54) is 43.0 Å². The molecule has 2 aromatic rings. The highest BCUT2D eigenvalue weighted by Gasteiger charge is 2.64.